The Labute approximate surface area is 119 Å². The first-order valence-electron chi connectivity index (χ1n) is 0.494. The maximum atomic E-state index is 8.36. The monoisotopic (exact) mass is 260 g/mol. The van der Waals surface area contributed by atoms with Crippen LogP contribution in [0.5, 0.6) is 0 Å². The number of hydrogen-bond donors (Lipinski definition) is 1. The summed E-state index contributed by atoms with van der Waals surface area (Å²) in [5.41, 5.74) is 0. The Morgan fingerprint density at radius 1 is 0.769 bits per heavy atom. The molecular formula is CH21ClMg2O9. The summed E-state index contributed by atoms with van der Waals surface area (Å²) in [6.07, 6.45) is 0. The summed E-state index contributed by atoms with van der Waals surface area (Å²) < 4.78 is 0. The topological polar surface area (TPSA) is 258 Å². The van der Waals surface area contributed by atoms with Gasteiger partial charge in [-0.15, -0.1) is 12.4 Å². The zero-order valence-electron chi connectivity index (χ0n) is 10.8. The van der Waals surface area contributed by atoms with Gasteiger partial charge >= 0.3 is 46.1 Å². The van der Waals surface area contributed by atoms with Crippen molar-refractivity contribution in [1.29, 1.82) is 0 Å². The summed E-state index contributed by atoms with van der Waals surface area (Å²) >= 11 is 0. The first-order valence-corrected chi connectivity index (χ1v) is 0.494. The fraction of sp³-hybridized carbons (Fsp3) is 0. The van der Waals surface area contributed by atoms with E-state index >= 15 is 0 Å². The van der Waals surface area contributed by atoms with E-state index in [1.54, 1.807) is 0 Å². The summed E-state index contributed by atoms with van der Waals surface area (Å²) in [6.45, 7) is -0.250. The molecule has 0 spiro atoms. The Balaban J connectivity index is -0.000000000220. The molecule has 13 heavy (non-hydrogen) atoms. The van der Waals surface area contributed by atoms with Gasteiger partial charge in [0.15, 0.2) is 0 Å². The quantitative estimate of drug-likeness (QED) is 0.329. The fourth-order valence-electron chi connectivity index (χ4n) is 0. The van der Waals surface area contributed by atoms with Crippen molar-refractivity contribution in [2.75, 3.05) is 0 Å². The summed E-state index contributed by atoms with van der Waals surface area (Å²) in [5.74, 6) is 0. The van der Waals surface area contributed by atoms with Crippen LogP contribution >= 0.6 is 12.4 Å². The maximum absolute atomic E-state index is 8.36. The molecule has 0 aliphatic heterocycles. The van der Waals surface area contributed by atoms with Crippen LogP contribution in [0.25, 0.3) is 0 Å². The molecule has 0 aliphatic rings. The minimum Gasteiger partial charge on any atom is -1.00 e. The SMILES string of the molecule is Cl.O.O.O.O.O.O.O.O=CO.[H-].[H-].[H-].[H-].[Mg+2].[Mg+2]. The summed E-state index contributed by atoms with van der Waals surface area (Å²) in [6, 6.07) is 0. The van der Waals surface area contributed by atoms with E-state index in [1.165, 1.54) is 0 Å². The van der Waals surface area contributed by atoms with Gasteiger partial charge in [-0.2, -0.15) is 0 Å². The molecule has 90 valence electrons. The van der Waals surface area contributed by atoms with E-state index in [-0.39, 0.29) is 109 Å². The van der Waals surface area contributed by atoms with E-state index in [2.05, 4.69) is 0 Å². The van der Waals surface area contributed by atoms with Crippen LogP contribution in [-0.4, -0.2) is 96.0 Å². The van der Waals surface area contributed by atoms with Gasteiger partial charge in [-0.25, -0.2) is 0 Å². The number of rotatable bonds is 0. The Morgan fingerprint density at radius 2 is 0.769 bits per heavy atom. The van der Waals surface area contributed by atoms with Crippen molar-refractivity contribution >= 4 is 65.0 Å². The largest absolute Gasteiger partial charge is 2.00 e. The smallest absolute Gasteiger partial charge is 1.00 e. The number of hydrogen-bond acceptors (Lipinski definition) is 1. The van der Waals surface area contributed by atoms with Gasteiger partial charge in [0, 0.05) is 0 Å². The molecule has 0 saturated carbocycles. The van der Waals surface area contributed by atoms with Crippen molar-refractivity contribution in [3.05, 3.63) is 0 Å². The molecule has 0 aromatic heterocycles. The Kier molecular flexibility index (Phi) is 9320. The summed E-state index contributed by atoms with van der Waals surface area (Å²) in [5, 5.41) is 6.89. The third-order valence-corrected chi connectivity index (χ3v) is 0. The molecule has 15 N–H and O–H groups in total. The molecule has 0 aromatic carbocycles. The summed E-state index contributed by atoms with van der Waals surface area (Å²) in [4.78, 5) is 8.36. The zero-order valence-corrected chi connectivity index (χ0v) is 10.4. The van der Waals surface area contributed by atoms with E-state index in [1.807, 2.05) is 0 Å². The van der Waals surface area contributed by atoms with Gasteiger partial charge in [-0.05, 0) is 0 Å². The van der Waals surface area contributed by atoms with Crippen molar-refractivity contribution in [2.24, 2.45) is 0 Å². The number of halogens is 1. The van der Waals surface area contributed by atoms with Crippen LogP contribution in [0.1, 0.15) is 5.71 Å². The van der Waals surface area contributed by atoms with Crippen molar-refractivity contribution in [1.82, 2.24) is 0 Å². The fourth-order valence-corrected chi connectivity index (χ4v) is 0. The second kappa shape index (κ2) is 464. The van der Waals surface area contributed by atoms with Gasteiger partial charge in [-0.3, -0.25) is 4.79 Å². The van der Waals surface area contributed by atoms with Crippen molar-refractivity contribution in [3.8, 4) is 0 Å². The van der Waals surface area contributed by atoms with Crippen molar-refractivity contribution in [3.63, 3.8) is 0 Å². The average molecular weight is 261 g/mol. The van der Waals surface area contributed by atoms with Gasteiger partial charge < -0.3 is 49.1 Å². The molecule has 0 bridgehead atoms. The second-order valence-electron chi connectivity index (χ2n) is 0.105. The minimum absolute atomic E-state index is 0. The Hall–Kier alpha value is 1.01. The zero-order chi connectivity index (χ0) is 2.71. The number of carbonyl (C=O) groups is 1. The Morgan fingerprint density at radius 3 is 0.769 bits per heavy atom. The third-order valence-electron chi connectivity index (χ3n) is 0. The molecule has 9 nitrogen and oxygen atoms in total. The molecule has 0 aromatic rings. The molecule has 0 unspecified atom stereocenters. The molecule has 0 amide bonds. The minimum atomic E-state index is -0.250. The normalized spacial score (nSPS) is 0.923. The third kappa shape index (κ3) is 1540. The average Bonchev–Trinajstić information content (AvgIpc) is 0.918. The van der Waals surface area contributed by atoms with Gasteiger partial charge in [0.25, 0.3) is 6.47 Å². The molecule has 0 atom stereocenters. The predicted molar refractivity (Wildman–Crippen MR) is 57.2 cm³/mol. The van der Waals surface area contributed by atoms with Gasteiger partial charge in [0.1, 0.15) is 0 Å². The number of carboxylic acid groups (broad SMARTS) is 1. The van der Waals surface area contributed by atoms with Crippen LogP contribution < -0.4 is 0 Å². The van der Waals surface area contributed by atoms with Crippen molar-refractivity contribution < 1.29 is 53.9 Å². The molecular weight excluding hydrogens is 240 g/mol. The predicted octanol–water partition coefficient (Wildman–Crippen LogP) is -5.96. The van der Waals surface area contributed by atoms with Crippen LogP contribution in [0, 0.1) is 0 Å². The van der Waals surface area contributed by atoms with Crippen LogP contribution in [0.3, 0.4) is 0 Å². The van der Waals surface area contributed by atoms with E-state index < -0.39 is 0 Å². The molecule has 0 heterocycles. The molecule has 12 heteroatoms. The molecule has 0 rings (SSSR count). The van der Waals surface area contributed by atoms with Crippen LogP contribution in [0.15, 0.2) is 0 Å². The Bertz CT molecular complexity index is 38.5. The maximum Gasteiger partial charge on any atom is 2.00 e. The standard InChI is InChI=1S/CH2O2.ClH.2Mg.7H2O.4H/c2-1-3;;;;;;;;;;;;;;/h1H,(H,2,3);1H;;;7*1H2;;;;/q;;2*+2;;;;;;;;4*-1. The van der Waals surface area contributed by atoms with E-state index in [0.29, 0.717) is 0 Å². The van der Waals surface area contributed by atoms with Crippen molar-refractivity contribution in [2.45, 2.75) is 0 Å². The molecule has 0 fully saturated rings. The summed E-state index contributed by atoms with van der Waals surface area (Å²) in [7, 11) is 0. The van der Waals surface area contributed by atoms with E-state index in [9.17, 15) is 0 Å². The van der Waals surface area contributed by atoms with Gasteiger partial charge in [0.2, 0.25) is 0 Å². The molecule has 0 saturated heterocycles. The van der Waals surface area contributed by atoms with Gasteiger partial charge in [0.05, 0.1) is 0 Å². The second-order valence-corrected chi connectivity index (χ2v) is 0.105. The molecule has 0 radical (unpaired) electrons. The molecule has 0 aliphatic carbocycles. The van der Waals surface area contributed by atoms with E-state index in [4.69, 9.17) is 9.90 Å². The van der Waals surface area contributed by atoms with E-state index in [0.717, 1.165) is 0 Å². The van der Waals surface area contributed by atoms with Crippen LogP contribution in [0.2, 0.25) is 0 Å². The first-order chi connectivity index (χ1) is 1.41. The van der Waals surface area contributed by atoms with Crippen LogP contribution in [-0.2, 0) is 4.79 Å². The van der Waals surface area contributed by atoms with Gasteiger partial charge in [-0.1, -0.05) is 0 Å². The first kappa shape index (κ1) is 261. The van der Waals surface area contributed by atoms with Crippen LogP contribution in [0.4, 0.5) is 0 Å².